The summed E-state index contributed by atoms with van der Waals surface area (Å²) in [4.78, 5) is 13.3. The van der Waals surface area contributed by atoms with Crippen molar-refractivity contribution in [2.24, 2.45) is 0 Å². The molecule has 0 saturated carbocycles. The van der Waals surface area contributed by atoms with E-state index in [4.69, 9.17) is 0 Å². The fraction of sp³-hybridized carbons (Fsp3) is 0.450. The average Bonchev–Trinajstić information content (AvgIpc) is 3.21. The van der Waals surface area contributed by atoms with Gasteiger partial charge in [0.1, 0.15) is 0 Å². The van der Waals surface area contributed by atoms with E-state index in [1.807, 2.05) is 36.3 Å². The highest BCUT2D eigenvalue weighted by Crippen LogP contribution is 2.24. The molecule has 3 rings (SSSR count). The summed E-state index contributed by atoms with van der Waals surface area (Å²) in [6, 6.07) is 4.08. The van der Waals surface area contributed by atoms with Crippen LogP contribution in [0.2, 0.25) is 0 Å². The van der Waals surface area contributed by atoms with E-state index in [0.29, 0.717) is 0 Å². The number of aromatic nitrogens is 3. The van der Waals surface area contributed by atoms with E-state index in [-0.39, 0.29) is 10.8 Å². The highest BCUT2D eigenvalue weighted by Gasteiger charge is 2.14. The van der Waals surface area contributed by atoms with Crippen molar-refractivity contribution in [2.45, 2.75) is 59.3 Å². The van der Waals surface area contributed by atoms with Crippen LogP contribution in [0.5, 0.6) is 0 Å². The summed E-state index contributed by atoms with van der Waals surface area (Å²) in [6.07, 6.45) is 7.46. The van der Waals surface area contributed by atoms with E-state index in [1.54, 1.807) is 35.1 Å². The van der Waals surface area contributed by atoms with E-state index >= 15 is 0 Å². The molecule has 0 N–H and O–H groups in total. The van der Waals surface area contributed by atoms with E-state index in [0.717, 1.165) is 5.01 Å². The average molecular weight is 376 g/mol. The van der Waals surface area contributed by atoms with Crippen LogP contribution < -0.4 is 0 Å². The van der Waals surface area contributed by atoms with Crippen LogP contribution in [0.15, 0.2) is 47.8 Å². The highest BCUT2D eigenvalue weighted by atomic mass is 32.1. The molecular formula is C20H29N3S2. The largest absolute Gasteiger partial charge is 0.264 e. The number of thiazole rings is 2. The van der Waals surface area contributed by atoms with Gasteiger partial charge in [0.05, 0.1) is 10.5 Å². The lowest BCUT2D eigenvalue weighted by Crippen LogP contribution is -2.10. The van der Waals surface area contributed by atoms with Gasteiger partial charge in [-0.05, 0) is 29.4 Å². The third-order valence-electron chi connectivity index (χ3n) is 3.25. The lowest BCUT2D eigenvalue weighted by molar-refractivity contribution is 0.587. The Morgan fingerprint density at radius 1 is 0.840 bits per heavy atom. The standard InChI is InChI=1S/C9H13N.C7H11NS.C4H5NS/c1-9(2,3)8-5-4-6-10-7-8;1-7(2,3)6-4-8-5-9-6;1-4-5-2-3-6-4/h4-7H,1-3H3;4-5H,1-3H3;2-3H,1H3. The van der Waals surface area contributed by atoms with Crippen LogP contribution >= 0.6 is 22.7 Å². The second-order valence-corrected chi connectivity index (χ2v) is 9.64. The molecular weight excluding hydrogens is 346 g/mol. The summed E-state index contributed by atoms with van der Waals surface area (Å²) in [5.74, 6) is 0. The molecule has 0 fully saturated rings. The first kappa shape index (κ1) is 21.5. The van der Waals surface area contributed by atoms with Crippen molar-refractivity contribution in [2.75, 3.05) is 0 Å². The zero-order valence-electron chi connectivity index (χ0n) is 16.3. The van der Waals surface area contributed by atoms with Crippen LogP contribution in [-0.2, 0) is 10.8 Å². The Labute approximate surface area is 160 Å². The van der Waals surface area contributed by atoms with Crippen LogP contribution in [0.1, 0.15) is 57.0 Å². The Bertz CT molecular complexity index is 677. The number of hydrogen-bond acceptors (Lipinski definition) is 5. The summed E-state index contributed by atoms with van der Waals surface area (Å²) in [5.41, 5.74) is 3.67. The van der Waals surface area contributed by atoms with Crippen molar-refractivity contribution in [1.29, 1.82) is 0 Å². The molecule has 0 aromatic carbocycles. The maximum absolute atomic E-state index is 4.05. The topological polar surface area (TPSA) is 38.7 Å². The first-order valence-corrected chi connectivity index (χ1v) is 10.0. The van der Waals surface area contributed by atoms with Gasteiger partial charge in [0, 0.05) is 35.0 Å². The lowest BCUT2D eigenvalue weighted by atomic mass is 9.88. The molecule has 0 aliphatic rings. The van der Waals surface area contributed by atoms with Gasteiger partial charge >= 0.3 is 0 Å². The Balaban J connectivity index is 0.000000193. The molecule has 5 heteroatoms. The minimum atomic E-state index is 0.230. The van der Waals surface area contributed by atoms with Crippen LogP contribution in [0.25, 0.3) is 0 Å². The molecule has 3 aromatic rings. The van der Waals surface area contributed by atoms with E-state index < -0.39 is 0 Å². The SMILES string of the molecule is CC(C)(C)c1cccnc1.CC(C)(C)c1cncs1.Cc1nccs1. The van der Waals surface area contributed by atoms with Gasteiger partial charge < -0.3 is 0 Å². The number of pyridine rings is 1. The van der Waals surface area contributed by atoms with Crippen molar-refractivity contribution < 1.29 is 0 Å². The van der Waals surface area contributed by atoms with Gasteiger partial charge in [-0.25, -0.2) is 0 Å². The van der Waals surface area contributed by atoms with Crippen molar-refractivity contribution in [3.8, 4) is 0 Å². The maximum atomic E-state index is 4.05. The van der Waals surface area contributed by atoms with Crippen molar-refractivity contribution >= 4 is 22.7 Å². The van der Waals surface area contributed by atoms with Gasteiger partial charge in [-0.2, -0.15) is 0 Å². The summed E-state index contributed by atoms with van der Waals surface area (Å²) in [5, 5.41) is 3.10. The Morgan fingerprint density at radius 2 is 1.56 bits per heavy atom. The zero-order chi connectivity index (χ0) is 18.9. The minimum Gasteiger partial charge on any atom is -0.264 e. The predicted octanol–water partition coefficient (Wildman–Crippen LogP) is 6.27. The number of aryl methyl sites for hydroxylation is 1. The van der Waals surface area contributed by atoms with E-state index in [2.05, 4.69) is 62.6 Å². The molecule has 3 nitrogen and oxygen atoms in total. The Hall–Kier alpha value is -1.59. The molecule has 0 aliphatic carbocycles. The molecule has 3 heterocycles. The summed E-state index contributed by atoms with van der Waals surface area (Å²) in [6.45, 7) is 15.1. The molecule has 0 bridgehead atoms. The van der Waals surface area contributed by atoms with Crippen LogP contribution in [0.4, 0.5) is 0 Å². The third-order valence-corrected chi connectivity index (χ3v) is 5.16. The van der Waals surface area contributed by atoms with Gasteiger partial charge in [-0.3, -0.25) is 15.0 Å². The van der Waals surface area contributed by atoms with Crippen LogP contribution in [0, 0.1) is 6.92 Å². The van der Waals surface area contributed by atoms with E-state index in [1.165, 1.54) is 10.4 Å². The molecule has 0 radical (unpaired) electrons. The Morgan fingerprint density at radius 3 is 1.80 bits per heavy atom. The first-order chi connectivity index (χ1) is 11.6. The highest BCUT2D eigenvalue weighted by molar-refractivity contribution is 7.09. The summed E-state index contributed by atoms with van der Waals surface area (Å²) < 4.78 is 0. The fourth-order valence-electron chi connectivity index (χ4n) is 1.69. The number of nitrogens with zero attached hydrogens (tertiary/aromatic N) is 3. The minimum absolute atomic E-state index is 0.230. The van der Waals surface area contributed by atoms with Crippen LogP contribution in [-0.4, -0.2) is 15.0 Å². The molecule has 0 unspecified atom stereocenters. The normalized spacial score (nSPS) is 11.0. The molecule has 0 saturated heterocycles. The molecule has 0 spiro atoms. The second-order valence-electron chi connectivity index (χ2n) is 7.66. The maximum Gasteiger partial charge on any atom is 0.0893 e. The molecule has 136 valence electrons. The van der Waals surface area contributed by atoms with Gasteiger partial charge in [0.15, 0.2) is 0 Å². The van der Waals surface area contributed by atoms with Gasteiger partial charge in [0.2, 0.25) is 0 Å². The van der Waals surface area contributed by atoms with Gasteiger partial charge in [-0.1, -0.05) is 47.6 Å². The number of hydrogen-bond donors (Lipinski definition) is 0. The summed E-state index contributed by atoms with van der Waals surface area (Å²) in [7, 11) is 0. The number of rotatable bonds is 0. The van der Waals surface area contributed by atoms with Gasteiger partial charge in [-0.15, -0.1) is 22.7 Å². The fourth-order valence-corrected chi connectivity index (χ4v) is 2.84. The van der Waals surface area contributed by atoms with E-state index in [9.17, 15) is 0 Å². The quantitative estimate of drug-likeness (QED) is 0.465. The zero-order valence-corrected chi connectivity index (χ0v) is 17.9. The molecule has 0 amide bonds. The van der Waals surface area contributed by atoms with Gasteiger partial charge in [0.25, 0.3) is 0 Å². The molecule has 0 atom stereocenters. The smallest absolute Gasteiger partial charge is 0.0893 e. The monoisotopic (exact) mass is 375 g/mol. The third kappa shape index (κ3) is 8.89. The first-order valence-electron chi connectivity index (χ1n) is 8.26. The van der Waals surface area contributed by atoms with Crippen molar-refractivity contribution in [3.05, 3.63) is 63.3 Å². The van der Waals surface area contributed by atoms with Crippen molar-refractivity contribution in [3.63, 3.8) is 0 Å². The predicted molar refractivity (Wildman–Crippen MR) is 111 cm³/mol. The summed E-state index contributed by atoms with van der Waals surface area (Å²) >= 11 is 3.39. The van der Waals surface area contributed by atoms with Crippen LogP contribution in [0.3, 0.4) is 0 Å². The molecule has 0 aliphatic heterocycles. The lowest BCUT2D eigenvalue weighted by Gasteiger charge is -2.17. The van der Waals surface area contributed by atoms with Crippen molar-refractivity contribution in [1.82, 2.24) is 15.0 Å². The molecule has 3 aromatic heterocycles. The Kier molecular flexibility index (Phi) is 8.39. The second kappa shape index (κ2) is 9.78. The molecule has 25 heavy (non-hydrogen) atoms.